The van der Waals surface area contributed by atoms with E-state index in [1.165, 1.54) is 6.42 Å². The van der Waals surface area contributed by atoms with E-state index >= 15 is 0 Å². The third kappa shape index (κ3) is 2.31. The van der Waals surface area contributed by atoms with E-state index in [1.54, 1.807) is 16.8 Å². The summed E-state index contributed by atoms with van der Waals surface area (Å²) in [6.07, 6.45) is 3.32. The molecule has 24 heavy (non-hydrogen) atoms. The van der Waals surface area contributed by atoms with E-state index < -0.39 is 0 Å². The van der Waals surface area contributed by atoms with E-state index in [-0.39, 0.29) is 0 Å². The van der Waals surface area contributed by atoms with Crippen LogP contribution >= 0.6 is 11.3 Å². The third-order valence-corrected chi connectivity index (χ3v) is 5.68. The van der Waals surface area contributed by atoms with Gasteiger partial charge >= 0.3 is 0 Å². The topological polar surface area (TPSA) is 75.3 Å². The van der Waals surface area contributed by atoms with Crippen LogP contribution in [-0.2, 0) is 0 Å². The van der Waals surface area contributed by atoms with Crippen molar-refractivity contribution in [1.29, 1.82) is 0 Å². The Kier molecular flexibility index (Phi) is 3.32. The lowest BCUT2D eigenvalue weighted by Crippen LogP contribution is -2.38. The molecule has 0 spiro atoms. The number of nitrogens with zero attached hydrogens (tertiary/aromatic N) is 8. The van der Waals surface area contributed by atoms with Gasteiger partial charge in [-0.05, 0) is 31.4 Å². The molecule has 3 aromatic heterocycles. The highest BCUT2D eigenvalue weighted by Crippen LogP contribution is 2.30. The summed E-state index contributed by atoms with van der Waals surface area (Å²) in [4.78, 5) is 4.59. The molecule has 2 fully saturated rings. The van der Waals surface area contributed by atoms with Crippen molar-refractivity contribution in [1.82, 2.24) is 30.0 Å². The minimum Gasteiger partial charge on any atom is -0.355 e. The van der Waals surface area contributed by atoms with Crippen LogP contribution in [0, 0.1) is 0 Å². The van der Waals surface area contributed by atoms with E-state index in [9.17, 15) is 0 Å². The smallest absolute Gasteiger partial charge is 0.208 e. The Bertz CT molecular complexity index is 832. The standard InChI is InChI=1S/C15H18N8S/c1-6-21(7-1)13-3-2-12-17-18-14(23(12)20-13)11-4-8-22(9-5-11)15-19-16-10-24-15/h2-3,10-11H,1,4-9H2. The van der Waals surface area contributed by atoms with Crippen LogP contribution in [0.2, 0.25) is 0 Å². The van der Waals surface area contributed by atoms with E-state index in [1.807, 2.05) is 16.6 Å². The largest absolute Gasteiger partial charge is 0.355 e. The van der Waals surface area contributed by atoms with Crippen LogP contribution in [0.1, 0.15) is 31.0 Å². The number of piperidine rings is 1. The third-order valence-electron chi connectivity index (χ3n) is 4.93. The second-order valence-electron chi connectivity index (χ2n) is 6.34. The molecule has 0 unspecified atom stereocenters. The zero-order valence-corrected chi connectivity index (χ0v) is 14.1. The quantitative estimate of drug-likeness (QED) is 0.715. The van der Waals surface area contributed by atoms with Gasteiger partial charge in [0.1, 0.15) is 11.3 Å². The average Bonchev–Trinajstić information content (AvgIpc) is 3.23. The van der Waals surface area contributed by atoms with Crippen LogP contribution in [-0.4, -0.2) is 56.2 Å². The van der Waals surface area contributed by atoms with Gasteiger partial charge in [-0.15, -0.1) is 25.5 Å². The lowest BCUT2D eigenvalue weighted by molar-refractivity contribution is 0.475. The molecule has 2 saturated heterocycles. The first-order valence-corrected chi connectivity index (χ1v) is 9.25. The Hall–Kier alpha value is -2.29. The second-order valence-corrected chi connectivity index (χ2v) is 7.15. The molecule has 0 radical (unpaired) electrons. The molecular weight excluding hydrogens is 324 g/mol. The van der Waals surface area contributed by atoms with Gasteiger partial charge < -0.3 is 9.80 Å². The molecule has 9 heteroatoms. The number of hydrogen-bond acceptors (Lipinski definition) is 8. The number of rotatable bonds is 3. The Morgan fingerprint density at radius 3 is 2.54 bits per heavy atom. The lowest BCUT2D eigenvalue weighted by Gasteiger charge is -2.32. The maximum atomic E-state index is 4.78. The van der Waals surface area contributed by atoms with Crippen molar-refractivity contribution in [3.05, 3.63) is 23.5 Å². The van der Waals surface area contributed by atoms with Crippen LogP contribution < -0.4 is 9.80 Å². The Morgan fingerprint density at radius 1 is 0.958 bits per heavy atom. The van der Waals surface area contributed by atoms with Gasteiger partial charge in [-0.3, -0.25) is 0 Å². The summed E-state index contributed by atoms with van der Waals surface area (Å²) >= 11 is 1.60. The predicted octanol–water partition coefficient (Wildman–Crippen LogP) is 1.57. The maximum absolute atomic E-state index is 4.78. The van der Waals surface area contributed by atoms with Crippen LogP contribution in [0.15, 0.2) is 17.6 Å². The second kappa shape index (κ2) is 5.66. The molecule has 5 rings (SSSR count). The van der Waals surface area contributed by atoms with Gasteiger partial charge in [0.15, 0.2) is 11.5 Å². The highest BCUT2D eigenvalue weighted by atomic mass is 32.1. The van der Waals surface area contributed by atoms with Gasteiger partial charge in [0.2, 0.25) is 5.13 Å². The Balaban J connectivity index is 1.38. The summed E-state index contributed by atoms with van der Waals surface area (Å²) in [5.74, 6) is 2.41. The van der Waals surface area contributed by atoms with Crippen molar-refractivity contribution in [2.45, 2.75) is 25.2 Å². The Labute approximate surface area is 143 Å². The van der Waals surface area contributed by atoms with Gasteiger partial charge in [-0.2, -0.15) is 4.52 Å². The molecule has 3 aromatic rings. The van der Waals surface area contributed by atoms with Crippen molar-refractivity contribution in [2.24, 2.45) is 0 Å². The van der Waals surface area contributed by atoms with E-state index in [2.05, 4.69) is 30.2 Å². The molecule has 0 amide bonds. The summed E-state index contributed by atoms with van der Waals surface area (Å²) in [5, 5.41) is 22.6. The normalized spacial score (nSPS) is 19.0. The molecule has 0 aromatic carbocycles. The van der Waals surface area contributed by atoms with Crippen molar-refractivity contribution >= 4 is 27.9 Å². The Morgan fingerprint density at radius 2 is 1.83 bits per heavy atom. The minimum atomic E-state index is 0.392. The summed E-state index contributed by atoms with van der Waals surface area (Å²) < 4.78 is 1.94. The van der Waals surface area contributed by atoms with Crippen molar-refractivity contribution in [2.75, 3.05) is 36.0 Å². The maximum Gasteiger partial charge on any atom is 0.208 e. The number of anilines is 2. The highest BCUT2D eigenvalue weighted by molar-refractivity contribution is 7.13. The lowest BCUT2D eigenvalue weighted by atomic mass is 9.96. The zero-order valence-electron chi connectivity index (χ0n) is 13.2. The summed E-state index contributed by atoms with van der Waals surface area (Å²) in [6, 6.07) is 4.07. The van der Waals surface area contributed by atoms with Gasteiger partial charge in [0, 0.05) is 32.1 Å². The molecular formula is C15H18N8S. The molecule has 0 aliphatic carbocycles. The first kappa shape index (κ1) is 14.1. The molecule has 2 aliphatic heterocycles. The number of fused-ring (bicyclic) bond motifs is 1. The molecule has 5 heterocycles. The van der Waals surface area contributed by atoms with Crippen LogP contribution in [0.4, 0.5) is 10.9 Å². The SMILES string of the molecule is c1nnc(N2CCC(c3nnc4ccc(N5CCC5)nn34)CC2)s1. The van der Waals surface area contributed by atoms with E-state index in [0.29, 0.717) is 5.92 Å². The fraction of sp³-hybridized carbons (Fsp3) is 0.533. The number of hydrogen-bond donors (Lipinski definition) is 0. The molecule has 124 valence electrons. The fourth-order valence-electron chi connectivity index (χ4n) is 3.40. The molecule has 2 aliphatic rings. The molecule has 0 bridgehead atoms. The van der Waals surface area contributed by atoms with Gasteiger partial charge in [0.05, 0.1) is 0 Å². The van der Waals surface area contributed by atoms with Crippen molar-refractivity contribution < 1.29 is 0 Å². The first-order valence-electron chi connectivity index (χ1n) is 8.37. The van der Waals surface area contributed by atoms with Gasteiger partial charge in [-0.25, -0.2) is 0 Å². The molecule has 0 N–H and O–H groups in total. The molecule has 0 saturated carbocycles. The zero-order chi connectivity index (χ0) is 15.9. The van der Waals surface area contributed by atoms with Crippen molar-refractivity contribution in [3.8, 4) is 0 Å². The summed E-state index contributed by atoms with van der Waals surface area (Å²) in [7, 11) is 0. The average molecular weight is 342 g/mol. The number of aromatic nitrogens is 6. The van der Waals surface area contributed by atoms with Crippen LogP contribution in [0.3, 0.4) is 0 Å². The molecule has 0 atom stereocenters. The minimum absolute atomic E-state index is 0.392. The van der Waals surface area contributed by atoms with E-state index in [4.69, 9.17) is 5.10 Å². The first-order chi connectivity index (χ1) is 11.9. The monoisotopic (exact) mass is 342 g/mol. The molecule has 8 nitrogen and oxygen atoms in total. The van der Waals surface area contributed by atoms with Gasteiger partial charge in [-0.1, -0.05) is 11.3 Å². The fourth-order valence-corrected chi connectivity index (χ4v) is 4.01. The van der Waals surface area contributed by atoms with Crippen LogP contribution in [0.5, 0.6) is 0 Å². The summed E-state index contributed by atoms with van der Waals surface area (Å²) in [6.45, 7) is 4.13. The highest BCUT2D eigenvalue weighted by Gasteiger charge is 2.27. The van der Waals surface area contributed by atoms with E-state index in [0.717, 1.165) is 61.4 Å². The van der Waals surface area contributed by atoms with Gasteiger partial charge in [0.25, 0.3) is 0 Å². The van der Waals surface area contributed by atoms with Crippen LogP contribution in [0.25, 0.3) is 5.65 Å². The summed E-state index contributed by atoms with van der Waals surface area (Å²) in [5.41, 5.74) is 2.62. The predicted molar refractivity (Wildman–Crippen MR) is 91.7 cm³/mol. The van der Waals surface area contributed by atoms with Crippen molar-refractivity contribution in [3.63, 3.8) is 0 Å².